The van der Waals surface area contributed by atoms with E-state index >= 15 is 0 Å². The van der Waals surface area contributed by atoms with Crippen LogP contribution in [0.15, 0.2) is 24.3 Å². The van der Waals surface area contributed by atoms with Crippen LogP contribution in [0.4, 0.5) is 0 Å². The van der Waals surface area contributed by atoms with E-state index in [1.807, 2.05) is 24.3 Å². The fourth-order valence-corrected chi connectivity index (χ4v) is 1.50. The van der Waals surface area contributed by atoms with Crippen molar-refractivity contribution in [3.8, 4) is 11.5 Å². The first-order valence-corrected chi connectivity index (χ1v) is 5.80. The quantitative estimate of drug-likeness (QED) is 0.770. The molecule has 0 aromatic heterocycles. The maximum Gasteiger partial charge on any atom is 0.123 e. The maximum atomic E-state index is 5.71. The number of hydrogen-bond donors (Lipinski definition) is 1. The molecule has 0 saturated carbocycles. The smallest absolute Gasteiger partial charge is 0.123 e. The highest BCUT2D eigenvalue weighted by atomic mass is 16.5. The predicted molar refractivity (Wildman–Crippen MR) is 66.2 cm³/mol. The minimum atomic E-state index is 0.413. The van der Waals surface area contributed by atoms with Crippen LogP contribution < -0.4 is 14.8 Å². The van der Waals surface area contributed by atoms with Crippen LogP contribution in [0.3, 0.4) is 0 Å². The van der Waals surface area contributed by atoms with E-state index in [2.05, 4.69) is 19.2 Å². The van der Waals surface area contributed by atoms with E-state index in [-0.39, 0.29) is 0 Å². The van der Waals surface area contributed by atoms with Crippen LogP contribution in [-0.4, -0.2) is 26.3 Å². The second kappa shape index (κ2) is 7.12. The molecule has 0 aliphatic carbocycles. The summed E-state index contributed by atoms with van der Waals surface area (Å²) in [5.41, 5.74) is 0. The van der Waals surface area contributed by atoms with Crippen molar-refractivity contribution >= 4 is 0 Å². The zero-order chi connectivity index (χ0) is 11.8. The molecule has 1 aromatic rings. The van der Waals surface area contributed by atoms with Gasteiger partial charge in [-0.05, 0) is 25.1 Å². The molecule has 0 spiro atoms. The highest BCUT2D eigenvalue weighted by molar-refractivity contribution is 5.32. The third-order valence-electron chi connectivity index (χ3n) is 2.48. The van der Waals surface area contributed by atoms with Gasteiger partial charge in [0.1, 0.15) is 18.1 Å². The lowest BCUT2D eigenvalue weighted by Gasteiger charge is -2.16. The molecule has 16 heavy (non-hydrogen) atoms. The van der Waals surface area contributed by atoms with Gasteiger partial charge < -0.3 is 14.8 Å². The normalized spacial score (nSPS) is 12.2. The summed E-state index contributed by atoms with van der Waals surface area (Å²) >= 11 is 0. The minimum Gasteiger partial charge on any atom is -0.497 e. The van der Waals surface area contributed by atoms with Crippen LogP contribution in [0.5, 0.6) is 11.5 Å². The molecule has 0 bridgehead atoms. The van der Waals surface area contributed by atoms with Crippen molar-refractivity contribution in [1.82, 2.24) is 5.32 Å². The SMILES string of the molecule is CCNC(CC)COc1cccc(OC)c1. The second-order valence-electron chi connectivity index (χ2n) is 3.65. The van der Waals surface area contributed by atoms with Gasteiger partial charge in [0.2, 0.25) is 0 Å². The van der Waals surface area contributed by atoms with Crippen LogP contribution in [0.1, 0.15) is 20.3 Å². The topological polar surface area (TPSA) is 30.5 Å². The molecule has 1 unspecified atom stereocenters. The Labute approximate surface area is 97.8 Å². The van der Waals surface area contributed by atoms with Gasteiger partial charge in [-0.15, -0.1) is 0 Å². The first-order valence-electron chi connectivity index (χ1n) is 5.80. The van der Waals surface area contributed by atoms with Crippen molar-refractivity contribution < 1.29 is 9.47 Å². The molecule has 1 atom stereocenters. The Hall–Kier alpha value is -1.22. The lowest BCUT2D eigenvalue weighted by Crippen LogP contribution is -2.33. The van der Waals surface area contributed by atoms with Gasteiger partial charge in [-0.2, -0.15) is 0 Å². The van der Waals surface area contributed by atoms with E-state index < -0.39 is 0 Å². The molecule has 3 heteroatoms. The Bertz CT molecular complexity index is 302. The summed E-state index contributed by atoms with van der Waals surface area (Å²) in [5, 5.41) is 3.37. The summed E-state index contributed by atoms with van der Waals surface area (Å²) in [4.78, 5) is 0. The van der Waals surface area contributed by atoms with Gasteiger partial charge in [0.15, 0.2) is 0 Å². The summed E-state index contributed by atoms with van der Waals surface area (Å²) in [6.45, 7) is 5.92. The number of hydrogen-bond acceptors (Lipinski definition) is 3. The molecule has 0 fully saturated rings. The molecule has 0 amide bonds. The monoisotopic (exact) mass is 223 g/mol. The summed E-state index contributed by atoms with van der Waals surface area (Å²) in [6.07, 6.45) is 1.07. The van der Waals surface area contributed by atoms with Crippen LogP contribution in [0, 0.1) is 0 Å². The van der Waals surface area contributed by atoms with Crippen molar-refractivity contribution in [3.05, 3.63) is 24.3 Å². The Morgan fingerprint density at radius 3 is 2.62 bits per heavy atom. The standard InChI is InChI=1S/C13H21NO2/c1-4-11(14-5-2)10-16-13-8-6-7-12(9-13)15-3/h6-9,11,14H,4-5,10H2,1-3H3. The number of rotatable bonds is 7. The minimum absolute atomic E-state index is 0.413. The van der Waals surface area contributed by atoms with E-state index in [9.17, 15) is 0 Å². The van der Waals surface area contributed by atoms with E-state index in [0.717, 1.165) is 24.5 Å². The molecule has 0 aliphatic rings. The third-order valence-corrected chi connectivity index (χ3v) is 2.48. The number of likely N-dealkylation sites (N-methyl/N-ethyl adjacent to an activating group) is 1. The second-order valence-corrected chi connectivity index (χ2v) is 3.65. The van der Waals surface area contributed by atoms with E-state index in [1.54, 1.807) is 7.11 Å². The fraction of sp³-hybridized carbons (Fsp3) is 0.538. The molecule has 1 rings (SSSR count). The van der Waals surface area contributed by atoms with Crippen molar-refractivity contribution in [1.29, 1.82) is 0 Å². The molecular weight excluding hydrogens is 202 g/mol. The third kappa shape index (κ3) is 4.11. The maximum absolute atomic E-state index is 5.71. The lowest BCUT2D eigenvalue weighted by atomic mass is 10.2. The van der Waals surface area contributed by atoms with E-state index in [1.165, 1.54) is 0 Å². The predicted octanol–water partition coefficient (Wildman–Crippen LogP) is 2.46. The largest absolute Gasteiger partial charge is 0.497 e. The lowest BCUT2D eigenvalue weighted by molar-refractivity contribution is 0.261. The zero-order valence-electron chi connectivity index (χ0n) is 10.3. The first-order chi connectivity index (χ1) is 7.80. The Balaban J connectivity index is 2.46. The van der Waals surface area contributed by atoms with Gasteiger partial charge in [0, 0.05) is 12.1 Å². The van der Waals surface area contributed by atoms with Gasteiger partial charge in [0.25, 0.3) is 0 Å². The van der Waals surface area contributed by atoms with Crippen molar-refractivity contribution in [2.45, 2.75) is 26.3 Å². The number of nitrogens with one attached hydrogen (secondary N) is 1. The molecule has 0 radical (unpaired) electrons. The first kappa shape index (κ1) is 12.8. The molecule has 3 nitrogen and oxygen atoms in total. The molecule has 90 valence electrons. The van der Waals surface area contributed by atoms with Gasteiger partial charge in [-0.3, -0.25) is 0 Å². The molecule has 1 N–H and O–H groups in total. The average Bonchev–Trinajstić information content (AvgIpc) is 2.34. The van der Waals surface area contributed by atoms with Gasteiger partial charge >= 0.3 is 0 Å². The van der Waals surface area contributed by atoms with Crippen molar-refractivity contribution in [2.75, 3.05) is 20.3 Å². The highest BCUT2D eigenvalue weighted by Gasteiger charge is 2.05. The average molecular weight is 223 g/mol. The number of benzene rings is 1. The number of methoxy groups -OCH3 is 1. The highest BCUT2D eigenvalue weighted by Crippen LogP contribution is 2.18. The molecule has 0 saturated heterocycles. The Morgan fingerprint density at radius 1 is 1.25 bits per heavy atom. The summed E-state index contributed by atoms with van der Waals surface area (Å²) < 4.78 is 10.9. The van der Waals surface area contributed by atoms with Crippen LogP contribution in [-0.2, 0) is 0 Å². The van der Waals surface area contributed by atoms with Crippen molar-refractivity contribution in [3.63, 3.8) is 0 Å². The Kier molecular flexibility index (Phi) is 5.72. The van der Waals surface area contributed by atoms with Crippen molar-refractivity contribution in [2.24, 2.45) is 0 Å². The molecule has 0 heterocycles. The molecule has 1 aromatic carbocycles. The number of ether oxygens (including phenoxy) is 2. The van der Waals surface area contributed by atoms with E-state index in [0.29, 0.717) is 12.6 Å². The van der Waals surface area contributed by atoms with Gasteiger partial charge in [-0.1, -0.05) is 19.9 Å². The molecule has 0 aliphatic heterocycles. The summed E-state index contributed by atoms with van der Waals surface area (Å²) in [6, 6.07) is 8.10. The van der Waals surface area contributed by atoms with Crippen LogP contribution in [0.2, 0.25) is 0 Å². The van der Waals surface area contributed by atoms with Gasteiger partial charge in [0.05, 0.1) is 7.11 Å². The fourth-order valence-electron chi connectivity index (χ4n) is 1.50. The summed E-state index contributed by atoms with van der Waals surface area (Å²) in [7, 11) is 1.66. The van der Waals surface area contributed by atoms with Gasteiger partial charge in [-0.25, -0.2) is 0 Å². The van der Waals surface area contributed by atoms with Crippen LogP contribution >= 0.6 is 0 Å². The Morgan fingerprint density at radius 2 is 2.00 bits per heavy atom. The summed E-state index contributed by atoms with van der Waals surface area (Å²) in [5.74, 6) is 1.68. The molecular formula is C13H21NO2. The zero-order valence-corrected chi connectivity index (χ0v) is 10.3. The van der Waals surface area contributed by atoms with E-state index in [4.69, 9.17) is 9.47 Å². The van der Waals surface area contributed by atoms with Crippen LogP contribution in [0.25, 0.3) is 0 Å².